The van der Waals surface area contributed by atoms with Crippen LogP contribution < -0.4 is 4.72 Å². The van der Waals surface area contributed by atoms with Crippen LogP contribution in [0.4, 0.5) is 0 Å². The molecule has 1 N–H and O–H groups in total. The van der Waals surface area contributed by atoms with Gasteiger partial charge in [-0.05, 0) is 34.8 Å². The second-order valence-electron chi connectivity index (χ2n) is 3.86. The summed E-state index contributed by atoms with van der Waals surface area (Å²) in [5.41, 5.74) is 0. The van der Waals surface area contributed by atoms with Crippen LogP contribution in [-0.2, 0) is 10.0 Å². The maximum absolute atomic E-state index is 12.1. The number of halogens is 3. The molecule has 0 spiro atoms. The molecule has 1 aliphatic carbocycles. The number of hydrogen-bond acceptors (Lipinski definition) is 3. The summed E-state index contributed by atoms with van der Waals surface area (Å²) in [5.74, 6) is 0. The first-order chi connectivity index (χ1) is 7.90. The van der Waals surface area contributed by atoms with Crippen LogP contribution in [0.15, 0.2) is 14.1 Å². The summed E-state index contributed by atoms with van der Waals surface area (Å²) in [4.78, 5) is 0. The van der Waals surface area contributed by atoms with E-state index in [1.807, 2.05) is 0 Å². The van der Waals surface area contributed by atoms with Crippen molar-refractivity contribution < 1.29 is 8.42 Å². The van der Waals surface area contributed by atoms with Gasteiger partial charge in [0.1, 0.15) is 4.21 Å². The van der Waals surface area contributed by atoms with Gasteiger partial charge in [-0.25, -0.2) is 13.1 Å². The van der Waals surface area contributed by atoms with E-state index in [2.05, 4.69) is 20.7 Å². The minimum absolute atomic E-state index is 0.122. The van der Waals surface area contributed by atoms with Crippen molar-refractivity contribution in [3.05, 3.63) is 14.9 Å². The van der Waals surface area contributed by atoms with Crippen molar-refractivity contribution in [2.45, 2.75) is 34.9 Å². The molecule has 1 saturated carbocycles. The van der Waals surface area contributed by atoms with Gasteiger partial charge in [-0.15, -0.1) is 22.9 Å². The zero-order valence-electron chi connectivity index (χ0n) is 8.62. The number of alkyl halides is 1. The molecule has 2 rings (SSSR count). The van der Waals surface area contributed by atoms with E-state index in [-0.39, 0.29) is 15.6 Å². The molecule has 0 aromatic carbocycles. The summed E-state index contributed by atoms with van der Waals surface area (Å²) in [6, 6.07) is 1.26. The van der Waals surface area contributed by atoms with Crippen molar-refractivity contribution in [1.29, 1.82) is 0 Å². The summed E-state index contributed by atoms with van der Waals surface area (Å²) < 4.78 is 27.6. The predicted octanol–water partition coefficient (Wildman–Crippen LogP) is 3.60. The van der Waals surface area contributed by atoms with Crippen molar-refractivity contribution in [3.63, 3.8) is 0 Å². The van der Waals surface area contributed by atoms with Crippen molar-refractivity contribution in [3.8, 4) is 0 Å². The lowest BCUT2D eigenvalue weighted by atomic mass is 10.3. The van der Waals surface area contributed by atoms with Crippen LogP contribution in [0.2, 0.25) is 5.02 Å². The highest BCUT2D eigenvalue weighted by molar-refractivity contribution is 9.11. The van der Waals surface area contributed by atoms with Crippen LogP contribution in [0.3, 0.4) is 0 Å². The summed E-state index contributed by atoms with van der Waals surface area (Å²) >= 11 is 16.2. The molecule has 1 heterocycles. The van der Waals surface area contributed by atoms with Crippen LogP contribution in [0.1, 0.15) is 19.3 Å². The fraction of sp³-hybridized carbons (Fsp3) is 0.556. The van der Waals surface area contributed by atoms with Gasteiger partial charge in [0.05, 0.1) is 8.81 Å². The lowest BCUT2D eigenvalue weighted by Crippen LogP contribution is -2.37. The van der Waals surface area contributed by atoms with E-state index in [1.54, 1.807) is 0 Å². The lowest BCUT2D eigenvalue weighted by molar-refractivity contribution is 0.555. The highest BCUT2D eigenvalue weighted by Gasteiger charge is 2.30. The maximum Gasteiger partial charge on any atom is 0.250 e. The number of sulfonamides is 1. The number of hydrogen-bond donors (Lipinski definition) is 1. The third kappa shape index (κ3) is 3.16. The molecule has 17 heavy (non-hydrogen) atoms. The summed E-state index contributed by atoms with van der Waals surface area (Å²) in [6.07, 6.45) is 2.59. The molecule has 0 saturated heterocycles. The second kappa shape index (κ2) is 5.35. The minimum Gasteiger partial charge on any atom is -0.206 e. The Balaban J connectivity index is 2.19. The van der Waals surface area contributed by atoms with E-state index in [4.69, 9.17) is 23.2 Å². The quantitative estimate of drug-likeness (QED) is 0.816. The molecular formula is C9H10BrCl2NO2S2. The molecule has 0 amide bonds. The molecule has 1 aromatic heterocycles. The molecule has 1 fully saturated rings. The van der Waals surface area contributed by atoms with Gasteiger partial charge in [0.2, 0.25) is 10.0 Å². The Kier molecular flexibility index (Phi) is 4.43. The highest BCUT2D eigenvalue weighted by atomic mass is 79.9. The van der Waals surface area contributed by atoms with Crippen molar-refractivity contribution >= 4 is 60.5 Å². The van der Waals surface area contributed by atoms with Gasteiger partial charge < -0.3 is 0 Å². The Labute approximate surface area is 123 Å². The zero-order valence-corrected chi connectivity index (χ0v) is 13.4. The molecule has 2 unspecified atom stereocenters. The van der Waals surface area contributed by atoms with Crippen LogP contribution in [-0.4, -0.2) is 19.8 Å². The molecule has 0 bridgehead atoms. The molecule has 96 valence electrons. The molecule has 2 atom stereocenters. The van der Waals surface area contributed by atoms with Crippen LogP contribution in [0.25, 0.3) is 0 Å². The van der Waals surface area contributed by atoms with E-state index in [9.17, 15) is 8.42 Å². The van der Waals surface area contributed by atoms with E-state index in [0.29, 0.717) is 8.81 Å². The normalized spacial score (nSPS) is 25.4. The molecule has 1 aromatic rings. The Morgan fingerprint density at radius 2 is 2.18 bits per heavy atom. The molecule has 1 aliphatic rings. The van der Waals surface area contributed by atoms with Crippen LogP contribution in [0.5, 0.6) is 0 Å². The lowest BCUT2D eigenvalue weighted by Gasteiger charge is -2.14. The molecule has 0 radical (unpaired) electrons. The summed E-state index contributed by atoms with van der Waals surface area (Å²) in [7, 11) is -3.51. The Hall–Kier alpha value is 0.670. The van der Waals surface area contributed by atoms with Crippen molar-refractivity contribution in [1.82, 2.24) is 4.72 Å². The smallest absolute Gasteiger partial charge is 0.206 e. The fourth-order valence-electron chi connectivity index (χ4n) is 1.76. The SMILES string of the molecule is O=S(=O)(NC1CCCC1Cl)c1cc(Cl)c(Br)s1. The predicted molar refractivity (Wildman–Crippen MR) is 74.6 cm³/mol. The first-order valence-electron chi connectivity index (χ1n) is 5.01. The minimum atomic E-state index is -3.51. The second-order valence-corrected chi connectivity index (χ2v) is 9.14. The van der Waals surface area contributed by atoms with Gasteiger partial charge in [0.25, 0.3) is 0 Å². The van der Waals surface area contributed by atoms with Crippen molar-refractivity contribution in [2.75, 3.05) is 0 Å². The third-order valence-corrected chi connectivity index (χ3v) is 7.59. The Bertz CT molecular complexity index is 498. The van der Waals surface area contributed by atoms with Gasteiger partial charge in [-0.2, -0.15) is 0 Å². The van der Waals surface area contributed by atoms with Crippen LogP contribution in [0, 0.1) is 0 Å². The first kappa shape index (κ1) is 14.1. The standard InChI is InChI=1S/C9H10BrCl2NO2S2/c10-9-6(12)4-8(16-9)17(14,15)13-7-3-1-2-5(7)11/h4-5,7,13H,1-3H2. The third-order valence-electron chi connectivity index (χ3n) is 2.63. The number of thiophene rings is 1. The van der Waals surface area contributed by atoms with Gasteiger partial charge in [0, 0.05) is 11.4 Å². The monoisotopic (exact) mass is 377 g/mol. The van der Waals surface area contributed by atoms with E-state index < -0.39 is 10.0 Å². The van der Waals surface area contributed by atoms with Crippen molar-refractivity contribution in [2.24, 2.45) is 0 Å². The number of nitrogens with one attached hydrogen (secondary N) is 1. The van der Waals surface area contributed by atoms with Gasteiger partial charge >= 0.3 is 0 Å². The van der Waals surface area contributed by atoms with E-state index >= 15 is 0 Å². The topological polar surface area (TPSA) is 46.2 Å². The number of rotatable bonds is 3. The zero-order chi connectivity index (χ0) is 12.6. The van der Waals surface area contributed by atoms with Crippen LogP contribution >= 0.6 is 50.5 Å². The van der Waals surface area contributed by atoms with E-state index in [1.165, 1.54) is 6.07 Å². The largest absolute Gasteiger partial charge is 0.250 e. The van der Waals surface area contributed by atoms with Gasteiger partial charge in [0.15, 0.2) is 0 Å². The Morgan fingerprint density at radius 1 is 1.47 bits per heavy atom. The molecule has 8 heteroatoms. The summed E-state index contributed by atoms with van der Waals surface area (Å²) in [5, 5.41) is 0.285. The van der Waals surface area contributed by atoms with E-state index in [0.717, 1.165) is 30.6 Å². The van der Waals surface area contributed by atoms with Gasteiger partial charge in [-0.3, -0.25) is 0 Å². The Morgan fingerprint density at radius 3 is 2.65 bits per heavy atom. The fourth-order valence-corrected chi connectivity index (χ4v) is 5.91. The van der Waals surface area contributed by atoms with Gasteiger partial charge in [-0.1, -0.05) is 18.0 Å². The first-order valence-corrected chi connectivity index (χ1v) is 8.92. The molecule has 3 nitrogen and oxygen atoms in total. The average molecular weight is 379 g/mol. The maximum atomic E-state index is 12.1. The molecule has 0 aliphatic heterocycles. The highest BCUT2D eigenvalue weighted by Crippen LogP contribution is 2.35. The summed E-state index contributed by atoms with van der Waals surface area (Å²) in [6.45, 7) is 0. The molecular weight excluding hydrogens is 369 g/mol. The average Bonchev–Trinajstić information content (AvgIpc) is 2.76.